The standard InChI is InChI=1S/C16H22N2O2S.C2H6/c1-11(19)10-14-8-6-7-9-15(14)17-16(18(4)5)21-13(3)12(2)20;1-2/h6-9,13H,10H2,1-5H3;1-2H3. The summed E-state index contributed by atoms with van der Waals surface area (Å²) < 4.78 is 0. The number of rotatable bonds is 5. The highest BCUT2D eigenvalue weighted by Gasteiger charge is 2.15. The van der Waals surface area contributed by atoms with Crippen LogP contribution in [-0.2, 0) is 16.0 Å². The van der Waals surface area contributed by atoms with E-state index in [0.29, 0.717) is 6.42 Å². The zero-order valence-corrected chi connectivity index (χ0v) is 16.0. The lowest BCUT2D eigenvalue weighted by Crippen LogP contribution is -2.23. The molecule has 0 aliphatic rings. The van der Waals surface area contributed by atoms with Gasteiger partial charge in [0.2, 0.25) is 0 Å². The first kappa shape index (κ1) is 21.4. The van der Waals surface area contributed by atoms with Gasteiger partial charge in [0.15, 0.2) is 5.17 Å². The molecule has 0 aliphatic heterocycles. The predicted molar refractivity (Wildman–Crippen MR) is 101 cm³/mol. The highest BCUT2D eigenvalue weighted by Crippen LogP contribution is 2.24. The molecule has 0 saturated heterocycles. The Hall–Kier alpha value is -1.62. The van der Waals surface area contributed by atoms with Crippen LogP contribution < -0.4 is 0 Å². The van der Waals surface area contributed by atoms with Gasteiger partial charge in [-0.25, -0.2) is 4.99 Å². The first-order valence-electron chi connectivity index (χ1n) is 7.81. The fourth-order valence-corrected chi connectivity index (χ4v) is 2.46. The van der Waals surface area contributed by atoms with Gasteiger partial charge in [0, 0.05) is 20.5 Å². The molecule has 0 radical (unpaired) electrons. The maximum atomic E-state index is 11.4. The van der Waals surface area contributed by atoms with Crippen molar-refractivity contribution in [1.82, 2.24) is 4.90 Å². The van der Waals surface area contributed by atoms with Crippen LogP contribution in [0.1, 0.15) is 40.2 Å². The topological polar surface area (TPSA) is 49.7 Å². The molecule has 4 nitrogen and oxygen atoms in total. The molecule has 0 bridgehead atoms. The van der Waals surface area contributed by atoms with E-state index >= 15 is 0 Å². The molecule has 128 valence electrons. The van der Waals surface area contributed by atoms with Crippen molar-refractivity contribution in [3.63, 3.8) is 0 Å². The van der Waals surface area contributed by atoms with E-state index in [4.69, 9.17) is 0 Å². The summed E-state index contributed by atoms with van der Waals surface area (Å²) in [7, 11) is 3.79. The minimum Gasteiger partial charge on any atom is -0.357 e. The van der Waals surface area contributed by atoms with Crippen LogP contribution in [0.2, 0.25) is 0 Å². The van der Waals surface area contributed by atoms with Crippen molar-refractivity contribution >= 4 is 34.2 Å². The summed E-state index contributed by atoms with van der Waals surface area (Å²) in [6, 6.07) is 7.60. The van der Waals surface area contributed by atoms with Gasteiger partial charge in [-0.05, 0) is 32.4 Å². The Balaban J connectivity index is 0.00000232. The van der Waals surface area contributed by atoms with Gasteiger partial charge in [-0.1, -0.05) is 43.8 Å². The minimum absolute atomic E-state index is 0.105. The summed E-state index contributed by atoms with van der Waals surface area (Å²) in [6.45, 7) is 9.02. The van der Waals surface area contributed by atoms with E-state index < -0.39 is 0 Å². The molecular formula is C18H28N2O2S. The Morgan fingerprint density at radius 1 is 1.17 bits per heavy atom. The number of carbonyl (C=O) groups excluding carboxylic acids is 2. The van der Waals surface area contributed by atoms with Crippen molar-refractivity contribution in [3.05, 3.63) is 29.8 Å². The number of para-hydroxylation sites is 1. The number of nitrogens with zero attached hydrogens (tertiary/aromatic N) is 2. The lowest BCUT2D eigenvalue weighted by Gasteiger charge is -2.18. The van der Waals surface area contributed by atoms with Gasteiger partial charge >= 0.3 is 0 Å². The van der Waals surface area contributed by atoms with E-state index in [9.17, 15) is 9.59 Å². The smallest absolute Gasteiger partial charge is 0.164 e. The average molecular weight is 337 g/mol. The molecule has 0 saturated carbocycles. The number of Topliss-reactive ketones (excluding diaryl/α,β-unsaturated/α-hetero) is 2. The summed E-state index contributed by atoms with van der Waals surface area (Å²) in [5.74, 6) is 0.223. The van der Waals surface area contributed by atoms with Gasteiger partial charge in [0.05, 0.1) is 10.9 Å². The van der Waals surface area contributed by atoms with Crippen molar-refractivity contribution in [2.75, 3.05) is 14.1 Å². The Bertz CT molecular complexity index is 554. The number of aliphatic imine (C=N–C) groups is 1. The molecule has 1 aromatic carbocycles. The quantitative estimate of drug-likeness (QED) is 0.600. The average Bonchev–Trinajstić information content (AvgIpc) is 2.49. The Labute approximate surface area is 144 Å². The van der Waals surface area contributed by atoms with E-state index in [0.717, 1.165) is 16.4 Å². The third-order valence-corrected chi connectivity index (χ3v) is 4.24. The maximum Gasteiger partial charge on any atom is 0.164 e. The highest BCUT2D eigenvalue weighted by atomic mass is 32.2. The summed E-state index contributed by atoms with van der Waals surface area (Å²) in [5, 5.41) is 0.611. The summed E-state index contributed by atoms with van der Waals surface area (Å²) >= 11 is 1.42. The number of carbonyl (C=O) groups is 2. The van der Waals surface area contributed by atoms with Crippen molar-refractivity contribution < 1.29 is 9.59 Å². The van der Waals surface area contributed by atoms with Crippen LogP contribution in [0.15, 0.2) is 29.3 Å². The SMILES string of the molecule is CC.CC(=O)Cc1ccccc1N=C(SC(C)C(C)=O)N(C)C. The monoisotopic (exact) mass is 336 g/mol. The molecule has 1 unspecified atom stereocenters. The second-order valence-corrected chi connectivity index (χ2v) is 6.47. The molecule has 0 aliphatic carbocycles. The molecule has 0 N–H and O–H groups in total. The van der Waals surface area contributed by atoms with Gasteiger partial charge in [0.1, 0.15) is 11.6 Å². The summed E-state index contributed by atoms with van der Waals surface area (Å²) in [4.78, 5) is 29.3. The van der Waals surface area contributed by atoms with Crippen molar-refractivity contribution in [2.45, 2.75) is 46.3 Å². The Morgan fingerprint density at radius 3 is 2.22 bits per heavy atom. The fraction of sp³-hybridized carbons (Fsp3) is 0.500. The highest BCUT2D eigenvalue weighted by molar-refractivity contribution is 8.14. The Morgan fingerprint density at radius 2 is 1.74 bits per heavy atom. The van der Waals surface area contributed by atoms with Gasteiger partial charge < -0.3 is 4.90 Å². The first-order valence-corrected chi connectivity index (χ1v) is 8.69. The lowest BCUT2D eigenvalue weighted by atomic mass is 10.1. The third kappa shape index (κ3) is 7.98. The molecule has 23 heavy (non-hydrogen) atoms. The normalized spacial score (nSPS) is 12.0. The van der Waals surface area contributed by atoms with Crippen molar-refractivity contribution in [2.24, 2.45) is 4.99 Å². The number of amidine groups is 1. The van der Waals surface area contributed by atoms with Gasteiger partial charge in [-0.2, -0.15) is 0 Å². The molecular weight excluding hydrogens is 308 g/mol. The Kier molecular flexibility index (Phi) is 10.2. The van der Waals surface area contributed by atoms with E-state index in [1.807, 2.05) is 64.0 Å². The predicted octanol–water partition coefficient (Wildman–Crippen LogP) is 4.10. The number of ketones is 2. The second-order valence-electron chi connectivity index (χ2n) is 5.17. The van der Waals surface area contributed by atoms with Gasteiger partial charge in [-0.3, -0.25) is 9.59 Å². The van der Waals surface area contributed by atoms with Crippen LogP contribution in [0, 0.1) is 0 Å². The van der Waals surface area contributed by atoms with Crippen LogP contribution >= 0.6 is 11.8 Å². The number of thioether (sulfide) groups is 1. The van der Waals surface area contributed by atoms with Crippen LogP contribution in [0.4, 0.5) is 5.69 Å². The zero-order valence-electron chi connectivity index (χ0n) is 15.2. The number of benzene rings is 1. The van der Waals surface area contributed by atoms with Gasteiger partial charge in [-0.15, -0.1) is 0 Å². The molecule has 0 heterocycles. The summed E-state index contributed by atoms with van der Waals surface area (Å²) in [6.07, 6.45) is 0.368. The second kappa shape index (κ2) is 11.0. The third-order valence-electron chi connectivity index (χ3n) is 2.88. The summed E-state index contributed by atoms with van der Waals surface area (Å²) in [5.41, 5.74) is 1.68. The van der Waals surface area contributed by atoms with Crippen LogP contribution in [0.3, 0.4) is 0 Å². The van der Waals surface area contributed by atoms with E-state index in [1.165, 1.54) is 11.8 Å². The molecule has 0 amide bonds. The molecule has 1 atom stereocenters. The molecule has 0 spiro atoms. The van der Waals surface area contributed by atoms with Crippen molar-refractivity contribution in [3.8, 4) is 0 Å². The molecule has 0 aromatic heterocycles. The fourth-order valence-electron chi connectivity index (χ4n) is 1.61. The molecule has 1 rings (SSSR count). The number of hydrogen-bond donors (Lipinski definition) is 0. The maximum absolute atomic E-state index is 11.4. The molecule has 5 heteroatoms. The van der Waals surface area contributed by atoms with Gasteiger partial charge in [0.25, 0.3) is 0 Å². The van der Waals surface area contributed by atoms with Crippen LogP contribution in [0.25, 0.3) is 0 Å². The van der Waals surface area contributed by atoms with E-state index in [-0.39, 0.29) is 16.8 Å². The minimum atomic E-state index is -0.147. The largest absolute Gasteiger partial charge is 0.357 e. The lowest BCUT2D eigenvalue weighted by molar-refractivity contribution is -0.117. The van der Waals surface area contributed by atoms with E-state index in [1.54, 1.807) is 13.8 Å². The molecule has 0 fully saturated rings. The molecule has 1 aromatic rings. The van der Waals surface area contributed by atoms with E-state index in [2.05, 4.69) is 4.99 Å². The first-order chi connectivity index (χ1) is 10.8. The van der Waals surface area contributed by atoms with Crippen LogP contribution in [-0.4, -0.2) is 41.0 Å². The zero-order chi connectivity index (χ0) is 18.0. The van der Waals surface area contributed by atoms with Crippen LogP contribution in [0.5, 0.6) is 0 Å². The number of hydrogen-bond acceptors (Lipinski definition) is 4. The van der Waals surface area contributed by atoms with Crippen molar-refractivity contribution in [1.29, 1.82) is 0 Å².